The van der Waals surface area contributed by atoms with Gasteiger partial charge in [-0.25, -0.2) is 0 Å². The number of rotatable bonds is 4. The van der Waals surface area contributed by atoms with E-state index in [9.17, 15) is 5.11 Å². The average Bonchev–Trinajstić information content (AvgIpc) is 2.54. The quantitative estimate of drug-likeness (QED) is 0.550. The highest BCUT2D eigenvalue weighted by Crippen LogP contribution is 2.43. The molecule has 0 N–H and O–H groups in total. The smallest absolute Gasteiger partial charge is 0.206 e. The Morgan fingerprint density at radius 3 is 1.50 bits per heavy atom. The summed E-state index contributed by atoms with van der Waals surface area (Å²) in [6.45, 7) is 2.03. The third-order valence-corrected chi connectivity index (χ3v) is 5.17. The molecule has 3 aromatic rings. The van der Waals surface area contributed by atoms with Crippen LogP contribution in [0.4, 0.5) is 0 Å². The topological polar surface area (TPSA) is 19.9 Å². The Balaban J connectivity index is 1.92. The molecule has 0 spiro atoms. The van der Waals surface area contributed by atoms with Gasteiger partial charge in [0.25, 0.3) is 0 Å². The van der Waals surface area contributed by atoms with Crippen molar-refractivity contribution in [1.29, 1.82) is 0 Å². The van der Waals surface area contributed by atoms with E-state index < -0.39 is 0 Å². The zero-order valence-electron chi connectivity index (χ0n) is 12.2. The summed E-state index contributed by atoms with van der Waals surface area (Å²) in [6, 6.07) is 23.9. The Bertz CT molecular complexity index is 692. The van der Waals surface area contributed by atoms with Crippen LogP contribution >= 0.6 is 23.5 Å². The molecule has 0 aliphatic carbocycles. The Labute approximate surface area is 139 Å². The summed E-state index contributed by atoms with van der Waals surface area (Å²) in [6.07, 6.45) is 0. The van der Waals surface area contributed by atoms with E-state index in [4.69, 9.17) is 0 Å². The largest absolute Gasteiger partial charge is 0.287 e. The van der Waals surface area contributed by atoms with Gasteiger partial charge >= 0.3 is 0 Å². The molecule has 3 heteroatoms. The summed E-state index contributed by atoms with van der Waals surface area (Å²) < 4.78 is 0. The molecule has 0 saturated heterocycles. The highest BCUT2D eigenvalue weighted by molar-refractivity contribution is 8.00. The maximum Gasteiger partial charge on any atom is 0.206 e. The molecule has 109 valence electrons. The number of benzene rings is 3. The zero-order chi connectivity index (χ0) is 15.4. The van der Waals surface area contributed by atoms with Crippen molar-refractivity contribution in [3.63, 3.8) is 0 Å². The number of aryl methyl sites for hydroxylation is 1. The summed E-state index contributed by atoms with van der Waals surface area (Å²) in [4.78, 5) is 3.73. The summed E-state index contributed by atoms with van der Waals surface area (Å²) in [7, 11) is 0. The average molecular weight is 323 g/mol. The Morgan fingerprint density at radius 1 is 0.682 bits per heavy atom. The predicted molar refractivity (Wildman–Crippen MR) is 92.4 cm³/mol. The Hall–Kier alpha value is -1.84. The lowest BCUT2D eigenvalue weighted by Crippen LogP contribution is -1.82. The minimum atomic E-state index is 0.105. The fraction of sp³-hybridized carbons (Fsp3) is 0.0526. The van der Waals surface area contributed by atoms with E-state index in [1.165, 1.54) is 23.5 Å². The first-order valence-electron chi connectivity index (χ1n) is 7.00. The minimum Gasteiger partial charge on any atom is -0.287 e. The van der Waals surface area contributed by atoms with E-state index in [2.05, 4.69) is 0 Å². The van der Waals surface area contributed by atoms with Gasteiger partial charge in [0.15, 0.2) is 0 Å². The fourth-order valence-corrected chi connectivity index (χ4v) is 4.14. The van der Waals surface area contributed by atoms with Crippen molar-refractivity contribution >= 4 is 23.5 Å². The summed E-state index contributed by atoms with van der Waals surface area (Å²) >= 11 is 3.05. The Kier molecular flexibility index (Phi) is 4.76. The van der Waals surface area contributed by atoms with E-state index in [0.29, 0.717) is 0 Å². The van der Waals surface area contributed by atoms with Crippen LogP contribution in [0.25, 0.3) is 0 Å². The van der Waals surface area contributed by atoms with Gasteiger partial charge in [-0.15, -0.1) is 0 Å². The molecule has 0 aliphatic rings. The molecule has 3 aromatic carbocycles. The number of hydrogen-bond donors (Lipinski definition) is 0. The molecular weight excluding hydrogens is 308 g/mol. The second-order valence-corrected chi connectivity index (χ2v) is 7.15. The van der Waals surface area contributed by atoms with Gasteiger partial charge in [0, 0.05) is 9.79 Å². The highest BCUT2D eigenvalue weighted by atomic mass is 32.2. The van der Waals surface area contributed by atoms with Crippen molar-refractivity contribution in [2.24, 2.45) is 0 Å². The third-order valence-electron chi connectivity index (χ3n) is 3.11. The van der Waals surface area contributed by atoms with E-state index >= 15 is 0 Å². The molecule has 1 nitrogen and oxygen atoms in total. The van der Waals surface area contributed by atoms with Crippen LogP contribution in [-0.4, -0.2) is 0 Å². The highest BCUT2D eigenvalue weighted by Gasteiger charge is 2.13. The van der Waals surface area contributed by atoms with Gasteiger partial charge in [0.05, 0.1) is 9.79 Å². The maximum absolute atomic E-state index is 12.7. The molecule has 0 aliphatic heterocycles. The molecule has 0 amide bonds. The lowest BCUT2D eigenvalue weighted by molar-refractivity contribution is 0.333. The zero-order valence-corrected chi connectivity index (χ0v) is 13.8. The molecule has 3 rings (SSSR count). The normalized spacial score (nSPS) is 10.6. The standard InChI is InChI=1S/C19H15OS2/c1-14-12-17(21-15-8-4-2-5-9-15)19(20)18(13-14)22-16-10-6-3-7-11-16/h2-13H,1H3. The van der Waals surface area contributed by atoms with Gasteiger partial charge in [-0.1, -0.05) is 59.9 Å². The fourth-order valence-electron chi connectivity index (χ4n) is 2.09. The molecule has 0 atom stereocenters. The monoisotopic (exact) mass is 323 g/mol. The van der Waals surface area contributed by atoms with Crippen LogP contribution < -0.4 is 0 Å². The van der Waals surface area contributed by atoms with Crippen LogP contribution in [-0.2, 0) is 5.11 Å². The van der Waals surface area contributed by atoms with Crippen LogP contribution in [0.2, 0.25) is 0 Å². The van der Waals surface area contributed by atoms with Crippen LogP contribution in [0.1, 0.15) is 5.56 Å². The maximum atomic E-state index is 12.7. The van der Waals surface area contributed by atoms with E-state index in [1.807, 2.05) is 79.7 Å². The molecule has 0 heterocycles. The first kappa shape index (κ1) is 15.1. The van der Waals surface area contributed by atoms with Crippen molar-refractivity contribution < 1.29 is 5.11 Å². The van der Waals surface area contributed by atoms with Crippen LogP contribution in [0.5, 0.6) is 5.75 Å². The SMILES string of the molecule is Cc1cc(Sc2ccccc2)c([O])c(Sc2ccccc2)c1. The number of hydrogen-bond acceptors (Lipinski definition) is 2. The first-order valence-corrected chi connectivity index (χ1v) is 8.63. The van der Waals surface area contributed by atoms with Crippen molar-refractivity contribution in [2.45, 2.75) is 26.5 Å². The van der Waals surface area contributed by atoms with Crippen molar-refractivity contribution in [3.05, 3.63) is 78.4 Å². The van der Waals surface area contributed by atoms with Gasteiger partial charge < -0.3 is 0 Å². The minimum absolute atomic E-state index is 0.105. The molecule has 0 bridgehead atoms. The summed E-state index contributed by atoms with van der Waals surface area (Å²) in [5.74, 6) is 0.105. The van der Waals surface area contributed by atoms with Gasteiger partial charge in [-0.3, -0.25) is 5.11 Å². The van der Waals surface area contributed by atoms with Gasteiger partial charge in [-0.2, -0.15) is 0 Å². The van der Waals surface area contributed by atoms with Crippen molar-refractivity contribution in [2.75, 3.05) is 0 Å². The van der Waals surface area contributed by atoms with E-state index in [-0.39, 0.29) is 5.75 Å². The lowest BCUT2D eigenvalue weighted by Gasteiger charge is -2.09. The van der Waals surface area contributed by atoms with Gasteiger partial charge in [-0.05, 0) is 48.9 Å². The molecular formula is C19H15OS2. The predicted octanol–water partition coefficient (Wildman–Crippen LogP) is 6.44. The summed E-state index contributed by atoms with van der Waals surface area (Å²) in [5, 5.41) is 12.7. The molecule has 0 aromatic heterocycles. The lowest BCUT2D eigenvalue weighted by atomic mass is 10.2. The van der Waals surface area contributed by atoms with Gasteiger partial charge in [0.2, 0.25) is 5.75 Å². The molecule has 0 saturated carbocycles. The second-order valence-electron chi connectivity index (χ2n) is 4.92. The molecule has 0 fully saturated rings. The molecule has 0 unspecified atom stereocenters. The molecule has 22 heavy (non-hydrogen) atoms. The van der Waals surface area contributed by atoms with Crippen molar-refractivity contribution in [3.8, 4) is 5.75 Å². The van der Waals surface area contributed by atoms with E-state index in [0.717, 1.165) is 25.1 Å². The summed E-state index contributed by atoms with van der Waals surface area (Å²) in [5.41, 5.74) is 1.11. The third kappa shape index (κ3) is 3.67. The first-order chi connectivity index (χ1) is 10.7. The van der Waals surface area contributed by atoms with Gasteiger partial charge in [0.1, 0.15) is 0 Å². The van der Waals surface area contributed by atoms with Crippen molar-refractivity contribution in [1.82, 2.24) is 0 Å². The molecule has 1 radical (unpaired) electrons. The Morgan fingerprint density at radius 2 is 1.09 bits per heavy atom. The second kappa shape index (κ2) is 6.95. The van der Waals surface area contributed by atoms with E-state index in [1.54, 1.807) is 0 Å². The van der Waals surface area contributed by atoms with Crippen LogP contribution in [0.3, 0.4) is 0 Å². The van der Waals surface area contributed by atoms with Crippen LogP contribution in [0, 0.1) is 6.92 Å². The van der Waals surface area contributed by atoms with Crippen LogP contribution in [0.15, 0.2) is 92.4 Å².